The number of aryl methyl sites for hydroxylation is 1. The number of hydrogen-bond acceptors (Lipinski definition) is 3. The zero-order valence-electron chi connectivity index (χ0n) is 12.1. The molecule has 1 aromatic carbocycles. The van der Waals surface area contributed by atoms with E-state index in [2.05, 4.69) is 5.32 Å². The van der Waals surface area contributed by atoms with Gasteiger partial charge in [0.05, 0.1) is 6.54 Å². The maximum Gasteiger partial charge on any atom is 0.245 e. The number of hydrogen-bond donors (Lipinski definition) is 1. The summed E-state index contributed by atoms with van der Waals surface area (Å²) in [5.41, 5.74) is 1.12. The minimum absolute atomic E-state index is 0.0649. The third kappa shape index (κ3) is 3.10. The van der Waals surface area contributed by atoms with Gasteiger partial charge >= 0.3 is 0 Å². The Morgan fingerprint density at radius 1 is 1.30 bits per heavy atom. The van der Waals surface area contributed by atoms with Crippen molar-refractivity contribution < 1.29 is 14.3 Å². The van der Waals surface area contributed by atoms with E-state index >= 15 is 0 Å². The average molecular weight is 276 g/mol. The average Bonchev–Trinajstić information content (AvgIpc) is 2.40. The second-order valence-corrected chi connectivity index (χ2v) is 5.10. The minimum Gasteiger partial charge on any atom is -0.492 e. The van der Waals surface area contributed by atoms with Crippen molar-refractivity contribution in [2.75, 3.05) is 13.2 Å². The Kier molecular flexibility index (Phi) is 4.27. The highest BCUT2D eigenvalue weighted by atomic mass is 16.5. The summed E-state index contributed by atoms with van der Waals surface area (Å²) < 4.78 is 5.63. The number of ether oxygens (including phenoxy) is 1. The highest BCUT2D eigenvalue weighted by molar-refractivity contribution is 5.96. The minimum atomic E-state index is -0.460. The van der Waals surface area contributed by atoms with Crippen molar-refractivity contribution >= 4 is 11.8 Å². The van der Waals surface area contributed by atoms with E-state index in [0.717, 1.165) is 11.3 Å². The molecule has 0 radical (unpaired) electrons. The number of amides is 2. The Balaban J connectivity index is 1.92. The van der Waals surface area contributed by atoms with Crippen LogP contribution in [0.5, 0.6) is 5.75 Å². The van der Waals surface area contributed by atoms with Crippen molar-refractivity contribution in [1.29, 1.82) is 0 Å². The monoisotopic (exact) mass is 276 g/mol. The van der Waals surface area contributed by atoms with E-state index in [0.29, 0.717) is 13.2 Å². The van der Waals surface area contributed by atoms with Crippen LogP contribution >= 0.6 is 0 Å². The van der Waals surface area contributed by atoms with Crippen LogP contribution in [0.4, 0.5) is 0 Å². The lowest BCUT2D eigenvalue weighted by molar-refractivity contribution is -0.148. The van der Waals surface area contributed by atoms with Gasteiger partial charge in [-0.3, -0.25) is 9.59 Å². The summed E-state index contributed by atoms with van der Waals surface area (Å²) in [6.07, 6.45) is 0. The molecule has 5 heteroatoms. The Morgan fingerprint density at radius 3 is 2.75 bits per heavy atom. The quantitative estimate of drug-likeness (QED) is 0.896. The largest absolute Gasteiger partial charge is 0.492 e. The predicted molar refractivity (Wildman–Crippen MR) is 75.5 cm³/mol. The lowest BCUT2D eigenvalue weighted by atomic mass is 10.1. The molecule has 0 spiro atoms. The maximum atomic E-state index is 12.0. The third-order valence-corrected chi connectivity index (χ3v) is 3.45. The number of carbonyl (C=O) groups is 2. The van der Waals surface area contributed by atoms with Crippen LogP contribution in [0.3, 0.4) is 0 Å². The first kappa shape index (κ1) is 14.4. The molecular weight excluding hydrogens is 256 g/mol. The molecule has 0 bridgehead atoms. The van der Waals surface area contributed by atoms with E-state index in [1.54, 1.807) is 18.7 Å². The number of piperazine rings is 1. The van der Waals surface area contributed by atoms with Gasteiger partial charge in [0, 0.05) is 0 Å². The zero-order chi connectivity index (χ0) is 14.7. The van der Waals surface area contributed by atoms with Crippen LogP contribution in [0.2, 0.25) is 0 Å². The molecule has 2 rings (SSSR count). The fourth-order valence-corrected chi connectivity index (χ4v) is 2.25. The lowest BCUT2D eigenvalue weighted by Crippen LogP contribution is -2.62. The molecular formula is C15H20N2O3. The van der Waals surface area contributed by atoms with Crippen molar-refractivity contribution in [2.24, 2.45) is 0 Å². The van der Waals surface area contributed by atoms with Crippen LogP contribution in [-0.4, -0.2) is 41.9 Å². The van der Waals surface area contributed by atoms with Gasteiger partial charge in [-0.25, -0.2) is 0 Å². The SMILES string of the molecule is Cc1cccc(OCCN2C(=O)C(C)NC(=O)C2C)c1. The van der Waals surface area contributed by atoms with E-state index in [4.69, 9.17) is 4.74 Å². The highest BCUT2D eigenvalue weighted by Gasteiger charge is 2.35. The first-order valence-electron chi connectivity index (χ1n) is 6.79. The van der Waals surface area contributed by atoms with E-state index in [9.17, 15) is 9.59 Å². The Hall–Kier alpha value is -2.04. The molecule has 1 aliphatic rings. The molecule has 0 saturated carbocycles. The van der Waals surface area contributed by atoms with Gasteiger partial charge in [-0.1, -0.05) is 12.1 Å². The van der Waals surface area contributed by atoms with Crippen molar-refractivity contribution in [3.05, 3.63) is 29.8 Å². The topological polar surface area (TPSA) is 58.6 Å². The van der Waals surface area contributed by atoms with E-state index in [1.165, 1.54) is 0 Å². The van der Waals surface area contributed by atoms with Gasteiger partial charge in [-0.15, -0.1) is 0 Å². The summed E-state index contributed by atoms with van der Waals surface area (Å²) >= 11 is 0. The first-order chi connectivity index (χ1) is 9.49. The van der Waals surface area contributed by atoms with Crippen LogP contribution in [0.15, 0.2) is 24.3 Å². The molecule has 0 aromatic heterocycles. The molecule has 108 valence electrons. The molecule has 2 atom stereocenters. The smallest absolute Gasteiger partial charge is 0.245 e. The van der Waals surface area contributed by atoms with Crippen LogP contribution in [0.1, 0.15) is 19.4 Å². The second kappa shape index (κ2) is 5.94. The molecule has 1 heterocycles. The van der Waals surface area contributed by atoms with Crippen molar-refractivity contribution in [2.45, 2.75) is 32.9 Å². The normalized spacial score (nSPS) is 22.6. The molecule has 1 aliphatic heterocycles. The van der Waals surface area contributed by atoms with E-state index < -0.39 is 12.1 Å². The lowest BCUT2D eigenvalue weighted by Gasteiger charge is -2.35. The fraction of sp³-hybridized carbons (Fsp3) is 0.467. The molecule has 20 heavy (non-hydrogen) atoms. The molecule has 2 amide bonds. The number of nitrogens with one attached hydrogen (secondary N) is 1. The van der Waals surface area contributed by atoms with Crippen molar-refractivity contribution in [3.8, 4) is 5.75 Å². The summed E-state index contributed by atoms with van der Waals surface area (Å²) in [4.78, 5) is 25.3. The van der Waals surface area contributed by atoms with Gasteiger partial charge in [0.15, 0.2) is 0 Å². The Labute approximate surface area is 118 Å². The zero-order valence-corrected chi connectivity index (χ0v) is 12.1. The molecule has 1 aromatic rings. The Morgan fingerprint density at radius 2 is 2.05 bits per heavy atom. The van der Waals surface area contributed by atoms with Crippen molar-refractivity contribution in [1.82, 2.24) is 10.2 Å². The standard InChI is InChI=1S/C15H20N2O3/c1-10-5-4-6-13(9-10)20-8-7-17-12(3)14(18)16-11(2)15(17)19/h4-6,9,11-12H,7-8H2,1-3H3,(H,16,18). The summed E-state index contributed by atoms with van der Waals surface area (Å²) in [6, 6.07) is 6.84. The van der Waals surface area contributed by atoms with E-state index in [1.807, 2.05) is 31.2 Å². The molecule has 5 nitrogen and oxygen atoms in total. The van der Waals surface area contributed by atoms with Crippen LogP contribution < -0.4 is 10.1 Å². The fourth-order valence-electron chi connectivity index (χ4n) is 2.25. The molecule has 1 N–H and O–H groups in total. The van der Waals surface area contributed by atoms with Crippen LogP contribution in [0.25, 0.3) is 0 Å². The third-order valence-electron chi connectivity index (χ3n) is 3.45. The number of rotatable bonds is 4. The molecule has 2 unspecified atom stereocenters. The summed E-state index contributed by atoms with van der Waals surface area (Å²) in [5, 5.41) is 2.65. The maximum absolute atomic E-state index is 12.0. The van der Waals surface area contributed by atoms with Gasteiger partial charge in [-0.2, -0.15) is 0 Å². The number of carbonyl (C=O) groups excluding carboxylic acids is 2. The van der Waals surface area contributed by atoms with E-state index in [-0.39, 0.29) is 11.8 Å². The van der Waals surface area contributed by atoms with Gasteiger partial charge in [0.1, 0.15) is 24.4 Å². The molecule has 1 saturated heterocycles. The van der Waals surface area contributed by atoms with Crippen LogP contribution in [0, 0.1) is 6.92 Å². The number of nitrogens with zero attached hydrogens (tertiary/aromatic N) is 1. The highest BCUT2D eigenvalue weighted by Crippen LogP contribution is 2.13. The number of benzene rings is 1. The van der Waals surface area contributed by atoms with Crippen molar-refractivity contribution in [3.63, 3.8) is 0 Å². The van der Waals surface area contributed by atoms with Gasteiger partial charge in [0.25, 0.3) is 0 Å². The van der Waals surface area contributed by atoms with Gasteiger partial charge in [0.2, 0.25) is 11.8 Å². The second-order valence-electron chi connectivity index (χ2n) is 5.10. The first-order valence-corrected chi connectivity index (χ1v) is 6.79. The summed E-state index contributed by atoms with van der Waals surface area (Å²) in [6.45, 7) is 6.20. The predicted octanol–water partition coefficient (Wildman–Crippen LogP) is 1.11. The Bertz CT molecular complexity index is 516. The molecule has 0 aliphatic carbocycles. The summed E-state index contributed by atoms with van der Waals surface area (Å²) in [5.74, 6) is 0.595. The molecule has 1 fully saturated rings. The summed E-state index contributed by atoms with van der Waals surface area (Å²) in [7, 11) is 0. The van der Waals surface area contributed by atoms with Crippen LogP contribution in [-0.2, 0) is 9.59 Å². The van der Waals surface area contributed by atoms with Gasteiger partial charge in [-0.05, 0) is 38.5 Å². The van der Waals surface area contributed by atoms with Gasteiger partial charge < -0.3 is 15.0 Å².